The summed E-state index contributed by atoms with van der Waals surface area (Å²) in [5, 5.41) is 19.6. The maximum absolute atomic E-state index is 13.9. The van der Waals surface area contributed by atoms with Crippen molar-refractivity contribution in [2.24, 2.45) is 11.8 Å². The molecule has 1 unspecified atom stereocenters. The summed E-state index contributed by atoms with van der Waals surface area (Å²) in [5.41, 5.74) is -0.321. The largest absolute Gasteiger partial charge is 0.550 e. The maximum atomic E-state index is 13.9. The molecule has 1 N–H and O–H groups in total. The van der Waals surface area contributed by atoms with E-state index in [0.717, 1.165) is 10.4 Å². The van der Waals surface area contributed by atoms with Crippen molar-refractivity contribution in [3.8, 4) is 10.4 Å². The van der Waals surface area contributed by atoms with Crippen LogP contribution in [-0.4, -0.2) is 38.6 Å². The van der Waals surface area contributed by atoms with E-state index in [4.69, 9.17) is 27.9 Å². The van der Waals surface area contributed by atoms with Crippen LogP contribution in [0.2, 0.25) is 10.0 Å². The Morgan fingerprint density at radius 1 is 0.976 bits per heavy atom. The number of hydrogen-bond acceptors (Lipinski definition) is 9. The smallest absolute Gasteiger partial charge is 0.231 e. The predicted octanol–water partition coefficient (Wildman–Crippen LogP) is 4.33. The Morgan fingerprint density at radius 2 is 1.71 bits per heavy atom. The number of fused-ring (bicyclic) bond motifs is 1. The van der Waals surface area contributed by atoms with E-state index in [1.165, 1.54) is 41.9 Å². The number of halogens is 2. The number of carbonyl (C=O) groups excluding carboxylic acids is 4. The van der Waals surface area contributed by atoms with Crippen molar-refractivity contribution in [3.05, 3.63) is 99.2 Å². The second kappa shape index (κ2) is 10.1. The van der Waals surface area contributed by atoms with Crippen LogP contribution in [0.5, 0.6) is 0 Å². The van der Waals surface area contributed by atoms with E-state index in [0.29, 0.717) is 11.3 Å². The molecule has 9 nitrogen and oxygen atoms in total. The fraction of sp³-hybridized carbons (Fsp3) is 0.172. The number of nitrogens with zero attached hydrogens (tertiary/aromatic N) is 2. The third-order valence-corrected chi connectivity index (χ3v) is 8.85. The maximum Gasteiger partial charge on any atom is 0.231 e. The van der Waals surface area contributed by atoms with Gasteiger partial charge in [-0.3, -0.25) is 14.4 Å². The fourth-order valence-electron chi connectivity index (χ4n) is 5.52. The van der Waals surface area contributed by atoms with Crippen LogP contribution in [0.3, 0.4) is 0 Å². The molecule has 1 saturated heterocycles. The van der Waals surface area contributed by atoms with Crippen LogP contribution < -0.4 is 10.4 Å². The number of anilines is 1. The highest BCUT2D eigenvalue weighted by Crippen LogP contribution is 2.54. The van der Waals surface area contributed by atoms with Gasteiger partial charge in [0.1, 0.15) is 0 Å². The van der Waals surface area contributed by atoms with Crippen LogP contribution in [0.15, 0.2) is 66.9 Å². The average Bonchev–Trinajstić information content (AvgIpc) is 3.66. The van der Waals surface area contributed by atoms with E-state index in [1.807, 2.05) is 0 Å². The molecule has 0 radical (unpaired) electrons. The zero-order chi connectivity index (χ0) is 29.1. The molecule has 1 aliphatic carbocycles. The number of hydrogen-bond donors (Lipinski definition) is 1. The number of carbonyl (C=O) groups is 4. The number of ether oxygens (including phenoxy) is 1. The first kappa shape index (κ1) is 27.2. The molecule has 0 saturated carbocycles. The molecule has 41 heavy (non-hydrogen) atoms. The van der Waals surface area contributed by atoms with E-state index in [-0.39, 0.29) is 26.7 Å². The second-order valence-corrected chi connectivity index (χ2v) is 11.4. The third-order valence-electron chi connectivity index (χ3n) is 7.40. The highest BCUT2D eigenvalue weighted by atomic mass is 35.5. The predicted molar refractivity (Wildman–Crippen MR) is 149 cm³/mol. The van der Waals surface area contributed by atoms with Gasteiger partial charge in [0.25, 0.3) is 0 Å². The van der Waals surface area contributed by atoms with Crippen molar-refractivity contribution in [1.29, 1.82) is 0 Å². The van der Waals surface area contributed by atoms with Crippen LogP contribution in [0.25, 0.3) is 10.4 Å². The Bertz CT molecular complexity index is 1740. The molecule has 1 spiro atoms. The van der Waals surface area contributed by atoms with Crippen molar-refractivity contribution >= 4 is 63.9 Å². The summed E-state index contributed by atoms with van der Waals surface area (Å²) >= 11 is 13.5. The molecular formula is C29H18Cl2N3O6S-. The minimum absolute atomic E-state index is 0.0222. The van der Waals surface area contributed by atoms with E-state index in [9.17, 15) is 24.3 Å². The fourth-order valence-corrected chi connectivity index (χ4v) is 6.34. The Labute approximate surface area is 247 Å². The molecule has 206 valence electrons. The van der Waals surface area contributed by atoms with Gasteiger partial charge in [0.15, 0.2) is 0 Å². The number of aryl methyl sites for hydroxylation is 1. The standard InChI is InChI=1S/C29H19Cl2N3O6S/c1-13-2-8-17-18(10-13)26(36)29(25(17)35)23(28(38)39)22(24(40-29)15-5-9-19(30)20(31)11-15)27(37)33-16-6-3-14(4-7-16)21-12-32-34-41-21/h2-12,22-24H,1H3,(H,33,37)(H,38,39)/p-1/t22-,23-,24-,29?/m0/s1. The molecule has 2 heterocycles. The molecule has 12 heteroatoms. The number of carboxylic acids is 1. The first-order chi connectivity index (χ1) is 19.6. The number of rotatable bonds is 5. The molecule has 1 aromatic heterocycles. The van der Waals surface area contributed by atoms with Gasteiger partial charge in [0.2, 0.25) is 23.1 Å². The van der Waals surface area contributed by atoms with Crippen LogP contribution in [0.1, 0.15) is 37.9 Å². The number of aromatic nitrogens is 2. The lowest BCUT2D eigenvalue weighted by Crippen LogP contribution is -2.55. The normalized spacial score (nSPS) is 23.1. The molecule has 6 rings (SSSR count). The van der Waals surface area contributed by atoms with Gasteiger partial charge < -0.3 is 20.0 Å². The lowest BCUT2D eigenvalue weighted by atomic mass is 9.75. The molecule has 3 aromatic carbocycles. The van der Waals surface area contributed by atoms with Gasteiger partial charge in [-0.15, -0.1) is 5.10 Å². The minimum atomic E-state index is -2.50. The molecule has 0 bridgehead atoms. The number of nitrogens with one attached hydrogen (secondary N) is 1. The number of ketones is 2. The summed E-state index contributed by atoms with van der Waals surface area (Å²) in [6.07, 6.45) is 0.258. The number of Topliss-reactive ketones (excluding diaryl/α,β-unsaturated/α-hetero) is 2. The van der Waals surface area contributed by atoms with Gasteiger partial charge >= 0.3 is 0 Å². The number of benzene rings is 3. The van der Waals surface area contributed by atoms with Crippen molar-refractivity contribution in [3.63, 3.8) is 0 Å². The lowest BCUT2D eigenvalue weighted by Gasteiger charge is -2.29. The molecule has 4 atom stereocenters. The van der Waals surface area contributed by atoms with Gasteiger partial charge in [-0.2, -0.15) is 0 Å². The molecular weight excluding hydrogens is 589 g/mol. The monoisotopic (exact) mass is 606 g/mol. The van der Waals surface area contributed by atoms with Crippen LogP contribution in [0.4, 0.5) is 5.69 Å². The van der Waals surface area contributed by atoms with Crippen molar-refractivity contribution in [2.75, 3.05) is 5.32 Å². The van der Waals surface area contributed by atoms with Crippen LogP contribution >= 0.6 is 34.7 Å². The summed E-state index contributed by atoms with van der Waals surface area (Å²) in [5.74, 6) is -7.73. The second-order valence-electron chi connectivity index (χ2n) is 9.83. The van der Waals surface area contributed by atoms with Gasteiger partial charge in [-0.25, -0.2) is 0 Å². The summed E-state index contributed by atoms with van der Waals surface area (Å²) in [4.78, 5) is 55.1. The molecule has 2 aliphatic rings. The van der Waals surface area contributed by atoms with Gasteiger partial charge in [-0.1, -0.05) is 63.6 Å². The summed E-state index contributed by atoms with van der Waals surface area (Å²) < 4.78 is 9.99. The van der Waals surface area contributed by atoms with Crippen molar-refractivity contribution in [1.82, 2.24) is 9.59 Å². The van der Waals surface area contributed by atoms with Gasteiger partial charge in [0.05, 0.1) is 39.1 Å². The zero-order valence-corrected chi connectivity index (χ0v) is 23.4. The Kier molecular flexibility index (Phi) is 6.74. The molecule has 4 aromatic rings. The number of carboxylic acid groups (broad SMARTS) is 1. The summed E-state index contributed by atoms with van der Waals surface area (Å²) in [6.45, 7) is 1.74. The molecule has 1 aliphatic heterocycles. The van der Waals surface area contributed by atoms with Gasteiger partial charge in [0, 0.05) is 22.8 Å². The van der Waals surface area contributed by atoms with E-state index >= 15 is 0 Å². The SMILES string of the molecule is Cc1ccc2c(c1)C(=O)C1(O[C@@H](c3ccc(Cl)c(Cl)c3)[C@@H](C(=O)Nc3ccc(-c4cnns4)cc3)[C@H]1C(=O)[O-])C2=O. The number of amides is 1. The number of aliphatic carboxylic acids is 1. The molecule has 1 amide bonds. The van der Waals surface area contributed by atoms with E-state index in [1.54, 1.807) is 43.5 Å². The Morgan fingerprint density at radius 3 is 2.37 bits per heavy atom. The summed E-state index contributed by atoms with van der Waals surface area (Å²) in [6, 6.07) is 15.7. The van der Waals surface area contributed by atoms with Crippen molar-refractivity contribution < 1.29 is 29.0 Å². The first-order valence-electron chi connectivity index (χ1n) is 12.3. The van der Waals surface area contributed by atoms with E-state index < -0.39 is 47.0 Å². The quantitative estimate of drug-likeness (QED) is 0.331. The van der Waals surface area contributed by atoms with E-state index in [2.05, 4.69) is 14.9 Å². The summed E-state index contributed by atoms with van der Waals surface area (Å²) in [7, 11) is 0. The Hall–Kier alpha value is -3.96. The third kappa shape index (κ3) is 4.34. The van der Waals surface area contributed by atoms with Crippen LogP contribution in [0, 0.1) is 18.8 Å². The van der Waals surface area contributed by atoms with Gasteiger partial charge in [-0.05, 0) is 59.9 Å². The Balaban J connectivity index is 1.44. The van der Waals surface area contributed by atoms with Crippen LogP contribution in [-0.2, 0) is 14.3 Å². The zero-order valence-electron chi connectivity index (χ0n) is 21.1. The first-order valence-corrected chi connectivity index (χ1v) is 13.9. The average molecular weight is 607 g/mol. The minimum Gasteiger partial charge on any atom is -0.550 e. The highest BCUT2D eigenvalue weighted by molar-refractivity contribution is 7.09. The van der Waals surface area contributed by atoms with Crippen molar-refractivity contribution in [2.45, 2.75) is 18.6 Å². The topological polar surface area (TPSA) is 138 Å². The lowest BCUT2D eigenvalue weighted by molar-refractivity contribution is -0.314. The highest BCUT2D eigenvalue weighted by Gasteiger charge is 2.69. The molecule has 1 fully saturated rings.